The largest absolute Gasteiger partial charge is 0.459 e. The molecule has 4 bridgehead atoms. The van der Waals surface area contributed by atoms with Crippen LogP contribution >= 0.6 is 11.8 Å². The zero-order valence-corrected chi connectivity index (χ0v) is 16.8. The van der Waals surface area contributed by atoms with E-state index in [2.05, 4.69) is 13.8 Å². The standard InChI is InChI=1S/C20H34O3S/c1-17(2,22)19-9-14-8-15(10-19)12-20(11-14,13-19)18(3,4)23-16(21)6-7-24-5/h14-15,22H,6-13H2,1-5H3. The van der Waals surface area contributed by atoms with Gasteiger partial charge in [-0.05, 0) is 89.7 Å². The van der Waals surface area contributed by atoms with Gasteiger partial charge < -0.3 is 9.84 Å². The number of carbonyl (C=O) groups is 1. The molecule has 4 aliphatic carbocycles. The van der Waals surface area contributed by atoms with Gasteiger partial charge in [-0.25, -0.2) is 0 Å². The maximum absolute atomic E-state index is 12.3. The Labute approximate surface area is 151 Å². The van der Waals surface area contributed by atoms with Crippen molar-refractivity contribution in [3.63, 3.8) is 0 Å². The lowest BCUT2D eigenvalue weighted by Crippen LogP contribution is -2.65. The highest BCUT2D eigenvalue weighted by Gasteiger charge is 2.66. The molecule has 4 aliphatic rings. The van der Waals surface area contributed by atoms with E-state index in [1.807, 2.05) is 20.1 Å². The Kier molecular flexibility index (Phi) is 4.57. The molecule has 1 N–H and O–H groups in total. The summed E-state index contributed by atoms with van der Waals surface area (Å²) in [7, 11) is 0. The molecule has 0 saturated heterocycles. The second-order valence-electron chi connectivity index (χ2n) is 9.81. The van der Waals surface area contributed by atoms with Gasteiger partial charge in [0.05, 0.1) is 12.0 Å². The van der Waals surface area contributed by atoms with Crippen molar-refractivity contribution in [2.24, 2.45) is 22.7 Å². The summed E-state index contributed by atoms with van der Waals surface area (Å²) in [6.45, 7) is 8.22. The van der Waals surface area contributed by atoms with E-state index in [4.69, 9.17) is 4.74 Å². The van der Waals surface area contributed by atoms with Crippen molar-refractivity contribution < 1.29 is 14.6 Å². The zero-order chi connectivity index (χ0) is 17.8. The van der Waals surface area contributed by atoms with Crippen molar-refractivity contribution in [3.05, 3.63) is 0 Å². The number of ether oxygens (including phenoxy) is 1. The van der Waals surface area contributed by atoms with Gasteiger partial charge in [-0.15, -0.1) is 0 Å². The van der Waals surface area contributed by atoms with E-state index in [-0.39, 0.29) is 16.8 Å². The molecule has 0 spiro atoms. The Morgan fingerprint density at radius 2 is 1.67 bits per heavy atom. The first-order chi connectivity index (χ1) is 11.0. The van der Waals surface area contributed by atoms with E-state index in [9.17, 15) is 9.90 Å². The molecule has 4 heteroatoms. The van der Waals surface area contributed by atoms with Crippen molar-refractivity contribution >= 4 is 17.7 Å². The first-order valence-corrected chi connectivity index (χ1v) is 10.9. The molecule has 0 amide bonds. The molecule has 4 rings (SSSR count). The molecule has 0 heterocycles. The highest BCUT2D eigenvalue weighted by Crippen LogP contribution is 2.71. The third-order valence-electron chi connectivity index (χ3n) is 7.52. The Bertz CT molecular complexity index is 492. The Balaban J connectivity index is 1.85. The molecular formula is C20H34O3S. The molecule has 0 aliphatic heterocycles. The van der Waals surface area contributed by atoms with Crippen LogP contribution in [0, 0.1) is 22.7 Å². The molecule has 138 valence electrons. The summed E-state index contributed by atoms with van der Waals surface area (Å²) in [6, 6.07) is 0. The van der Waals surface area contributed by atoms with E-state index in [0.717, 1.165) is 37.9 Å². The summed E-state index contributed by atoms with van der Waals surface area (Å²) in [5, 5.41) is 11.0. The SMILES string of the molecule is CSCCC(=O)OC(C)(C)C12CC3CC(CC(C(C)(C)O)(C3)C1)C2. The fraction of sp³-hybridized carbons (Fsp3) is 0.950. The van der Waals surface area contributed by atoms with Crippen LogP contribution in [-0.2, 0) is 9.53 Å². The molecule has 4 saturated carbocycles. The summed E-state index contributed by atoms with van der Waals surface area (Å²) in [4.78, 5) is 12.3. The van der Waals surface area contributed by atoms with Gasteiger partial charge in [-0.3, -0.25) is 4.79 Å². The average molecular weight is 355 g/mol. The molecule has 0 aromatic heterocycles. The fourth-order valence-electron chi connectivity index (χ4n) is 6.31. The zero-order valence-electron chi connectivity index (χ0n) is 16.0. The smallest absolute Gasteiger partial charge is 0.307 e. The quantitative estimate of drug-likeness (QED) is 0.717. The van der Waals surface area contributed by atoms with Gasteiger partial charge in [0, 0.05) is 11.2 Å². The third-order valence-corrected chi connectivity index (χ3v) is 8.13. The van der Waals surface area contributed by atoms with Crippen molar-refractivity contribution in [3.8, 4) is 0 Å². The molecule has 0 aromatic carbocycles. The number of hydrogen-bond donors (Lipinski definition) is 1. The van der Waals surface area contributed by atoms with E-state index in [0.29, 0.717) is 18.3 Å². The minimum absolute atomic E-state index is 0.0000311. The van der Waals surface area contributed by atoms with Crippen LogP contribution in [0.5, 0.6) is 0 Å². The number of aliphatic hydroxyl groups is 1. The number of rotatable bonds is 6. The van der Waals surface area contributed by atoms with Gasteiger partial charge in [0.15, 0.2) is 0 Å². The fourth-order valence-corrected chi connectivity index (χ4v) is 6.68. The topological polar surface area (TPSA) is 46.5 Å². The van der Waals surface area contributed by atoms with Crippen LogP contribution in [0.3, 0.4) is 0 Å². The van der Waals surface area contributed by atoms with Crippen LogP contribution in [0.15, 0.2) is 0 Å². The predicted octanol–water partition coefficient (Wildman–Crippen LogP) is 4.42. The molecular weight excluding hydrogens is 320 g/mol. The summed E-state index contributed by atoms with van der Waals surface area (Å²) in [5.74, 6) is 2.12. The van der Waals surface area contributed by atoms with Crippen molar-refractivity contribution in [1.82, 2.24) is 0 Å². The molecule has 4 fully saturated rings. The maximum Gasteiger partial charge on any atom is 0.307 e. The van der Waals surface area contributed by atoms with Crippen LogP contribution in [-0.4, -0.2) is 34.3 Å². The highest BCUT2D eigenvalue weighted by atomic mass is 32.2. The molecule has 3 nitrogen and oxygen atoms in total. The van der Waals surface area contributed by atoms with E-state index in [1.54, 1.807) is 11.8 Å². The monoisotopic (exact) mass is 354 g/mol. The first kappa shape index (κ1) is 18.6. The lowest BCUT2D eigenvalue weighted by atomic mass is 9.38. The van der Waals surface area contributed by atoms with Crippen molar-refractivity contribution in [2.45, 2.75) is 83.8 Å². The summed E-state index contributed by atoms with van der Waals surface area (Å²) in [6.07, 6.45) is 9.41. The van der Waals surface area contributed by atoms with Crippen molar-refractivity contribution in [2.75, 3.05) is 12.0 Å². The molecule has 24 heavy (non-hydrogen) atoms. The Morgan fingerprint density at radius 3 is 2.17 bits per heavy atom. The van der Waals surface area contributed by atoms with Crippen LogP contribution < -0.4 is 0 Å². The first-order valence-electron chi connectivity index (χ1n) is 9.46. The molecule has 0 aromatic rings. The van der Waals surface area contributed by atoms with Crippen molar-refractivity contribution in [1.29, 1.82) is 0 Å². The maximum atomic E-state index is 12.3. The number of hydrogen-bond acceptors (Lipinski definition) is 4. The van der Waals surface area contributed by atoms with Gasteiger partial charge in [0.2, 0.25) is 0 Å². The summed E-state index contributed by atoms with van der Waals surface area (Å²) < 4.78 is 6.05. The highest BCUT2D eigenvalue weighted by molar-refractivity contribution is 7.98. The minimum Gasteiger partial charge on any atom is -0.459 e. The lowest BCUT2D eigenvalue weighted by molar-refractivity contribution is -0.244. The van der Waals surface area contributed by atoms with Gasteiger partial charge in [-0.2, -0.15) is 11.8 Å². The third kappa shape index (κ3) is 2.92. The molecule has 2 atom stereocenters. The summed E-state index contributed by atoms with van der Waals surface area (Å²) in [5.41, 5.74) is -1.07. The normalized spacial score (nSPS) is 38.4. The van der Waals surface area contributed by atoms with E-state index < -0.39 is 11.2 Å². The number of carbonyl (C=O) groups excluding carboxylic acids is 1. The van der Waals surface area contributed by atoms with E-state index in [1.165, 1.54) is 6.42 Å². The molecule has 2 unspecified atom stereocenters. The van der Waals surface area contributed by atoms with Crippen LogP contribution in [0.4, 0.5) is 0 Å². The average Bonchev–Trinajstić information content (AvgIpc) is 2.42. The van der Waals surface area contributed by atoms with Crippen LogP contribution in [0.1, 0.15) is 72.6 Å². The van der Waals surface area contributed by atoms with E-state index >= 15 is 0 Å². The number of thioether (sulfide) groups is 1. The predicted molar refractivity (Wildman–Crippen MR) is 99.0 cm³/mol. The summed E-state index contributed by atoms with van der Waals surface area (Å²) >= 11 is 1.68. The number of esters is 1. The van der Waals surface area contributed by atoms with Gasteiger partial charge in [-0.1, -0.05) is 0 Å². The molecule has 0 radical (unpaired) electrons. The minimum atomic E-state index is -0.658. The van der Waals surface area contributed by atoms with Crippen LogP contribution in [0.25, 0.3) is 0 Å². The van der Waals surface area contributed by atoms with Gasteiger partial charge >= 0.3 is 5.97 Å². The second-order valence-corrected chi connectivity index (χ2v) is 10.8. The van der Waals surface area contributed by atoms with Gasteiger partial charge in [0.25, 0.3) is 0 Å². The lowest BCUT2D eigenvalue weighted by Gasteiger charge is -2.68. The Hall–Kier alpha value is -0.220. The second kappa shape index (κ2) is 5.90. The van der Waals surface area contributed by atoms with Crippen LogP contribution in [0.2, 0.25) is 0 Å². The van der Waals surface area contributed by atoms with Gasteiger partial charge in [0.1, 0.15) is 5.60 Å². The Morgan fingerprint density at radius 1 is 1.12 bits per heavy atom.